The van der Waals surface area contributed by atoms with Crippen molar-refractivity contribution in [1.29, 1.82) is 0 Å². The molecule has 1 saturated heterocycles. The van der Waals surface area contributed by atoms with E-state index in [2.05, 4.69) is 60.1 Å². The van der Waals surface area contributed by atoms with Crippen LogP contribution in [0.4, 0.5) is 0 Å². The third-order valence-corrected chi connectivity index (χ3v) is 5.80. The Labute approximate surface area is 169 Å². The van der Waals surface area contributed by atoms with Gasteiger partial charge in [0.05, 0.1) is 6.10 Å². The highest BCUT2D eigenvalue weighted by molar-refractivity contribution is 7.07. The summed E-state index contributed by atoms with van der Waals surface area (Å²) in [5.74, 6) is 1.48. The van der Waals surface area contributed by atoms with Crippen molar-refractivity contribution in [2.75, 3.05) is 32.8 Å². The molecule has 0 aromatic carbocycles. The summed E-state index contributed by atoms with van der Waals surface area (Å²) in [6, 6.07) is 2.74. The quantitative estimate of drug-likeness (QED) is 0.469. The Kier molecular flexibility index (Phi) is 10.2. The largest absolute Gasteiger partial charge is 0.378 e. The molecule has 0 bridgehead atoms. The molecule has 2 heterocycles. The summed E-state index contributed by atoms with van der Waals surface area (Å²) in [5, 5.41) is 11.5. The van der Waals surface area contributed by atoms with Gasteiger partial charge >= 0.3 is 0 Å². The molecule has 1 aromatic rings. The second kappa shape index (κ2) is 12.4. The number of nitrogens with zero attached hydrogens (tertiary/aromatic N) is 2. The van der Waals surface area contributed by atoms with Gasteiger partial charge in [-0.2, -0.15) is 11.3 Å². The zero-order valence-corrected chi connectivity index (χ0v) is 18.4. The Balaban J connectivity index is 1.76. The minimum Gasteiger partial charge on any atom is -0.378 e. The number of hydrogen-bond acceptors (Lipinski definition) is 4. The molecule has 2 N–H and O–H groups in total. The molecule has 0 radical (unpaired) electrons. The minimum atomic E-state index is 0.293. The molecular formula is C21H38N4OS. The third-order valence-electron chi connectivity index (χ3n) is 5.07. The van der Waals surface area contributed by atoms with E-state index >= 15 is 0 Å². The van der Waals surface area contributed by atoms with Crippen LogP contribution >= 0.6 is 11.3 Å². The molecule has 27 heavy (non-hydrogen) atoms. The molecule has 1 unspecified atom stereocenters. The maximum Gasteiger partial charge on any atom is 0.191 e. The first-order valence-corrected chi connectivity index (χ1v) is 11.5. The van der Waals surface area contributed by atoms with E-state index in [0.29, 0.717) is 18.1 Å². The van der Waals surface area contributed by atoms with Crippen LogP contribution in [0.2, 0.25) is 0 Å². The molecule has 5 nitrogen and oxygen atoms in total. The number of thiophene rings is 1. The Morgan fingerprint density at radius 3 is 2.70 bits per heavy atom. The Morgan fingerprint density at radius 2 is 2.11 bits per heavy atom. The molecule has 1 aliphatic heterocycles. The van der Waals surface area contributed by atoms with E-state index in [1.54, 1.807) is 11.3 Å². The Bertz CT molecular complexity index is 524. The van der Waals surface area contributed by atoms with Crippen molar-refractivity contribution in [2.24, 2.45) is 10.9 Å². The van der Waals surface area contributed by atoms with E-state index in [1.165, 1.54) is 18.4 Å². The molecule has 2 rings (SSSR count). The first-order chi connectivity index (χ1) is 13.1. The number of guanidine groups is 1. The lowest BCUT2D eigenvalue weighted by Gasteiger charge is -2.33. The lowest BCUT2D eigenvalue weighted by atomic mass is 10.0. The summed E-state index contributed by atoms with van der Waals surface area (Å²) in [6.45, 7) is 14.5. The summed E-state index contributed by atoms with van der Waals surface area (Å²) in [6.07, 6.45) is 3.60. The summed E-state index contributed by atoms with van der Waals surface area (Å²) in [5.41, 5.74) is 1.44. The van der Waals surface area contributed by atoms with Crippen molar-refractivity contribution in [3.05, 3.63) is 22.4 Å². The monoisotopic (exact) mass is 394 g/mol. The van der Waals surface area contributed by atoms with Gasteiger partial charge in [0.1, 0.15) is 0 Å². The zero-order chi connectivity index (χ0) is 19.5. The number of nitrogens with one attached hydrogen (secondary N) is 2. The van der Waals surface area contributed by atoms with Crippen LogP contribution in [0.5, 0.6) is 0 Å². The van der Waals surface area contributed by atoms with E-state index in [0.717, 1.165) is 51.7 Å². The van der Waals surface area contributed by atoms with Crippen molar-refractivity contribution >= 4 is 17.3 Å². The van der Waals surface area contributed by atoms with E-state index in [9.17, 15) is 0 Å². The number of aliphatic imine (C=N–C) groups is 1. The van der Waals surface area contributed by atoms with Crippen LogP contribution < -0.4 is 10.6 Å². The number of likely N-dealkylation sites (tertiary alicyclic amines) is 1. The van der Waals surface area contributed by atoms with Crippen LogP contribution in [0.15, 0.2) is 21.8 Å². The highest BCUT2D eigenvalue weighted by Gasteiger charge is 2.20. The molecule has 0 aliphatic carbocycles. The average molecular weight is 395 g/mol. The molecule has 0 spiro atoms. The fraction of sp³-hybridized carbons (Fsp3) is 0.762. The number of rotatable bonds is 10. The molecule has 154 valence electrons. The predicted molar refractivity (Wildman–Crippen MR) is 117 cm³/mol. The lowest BCUT2D eigenvalue weighted by molar-refractivity contribution is 0.0266. The van der Waals surface area contributed by atoms with Gasteiger partial charge in [-0.05, 0) is 61.4 Å². The average Bonchev–Trinajstić information content (AvgIpc) is 3.15. The van der Waals surface area contributed by atoms with Gasteiger partial charge in [0, 0.05) is 45.4 Å². The fourth-order valence-electron chi connectivity index (χ4n) is 3.52. The molecular weight excluding hydrogens is 356 g/mol. The molecule has 1 aromatic heterocycles. The zero-order valence-electron chi connectivity index (χ0n) is 17.5. The molecule has 0 amide bonds. The van der Waals surface area contributed by atoms with Gasteiger partial charge < -0.3 is 15.4 Å². The molecule has 1 fully saturated rings. The smallest absolute Gasteiger partial charge is 0.191 e. The minimum absolute atomic E-state index is 0.293. The molecule has 6 heteroatoms. The van der Waals surface area contributed by atoms with Crippen LogP contribution in [-0.2, 0) is 11.3 Å². The normalized spacial score (nSPS) is 18.0. The number of ether oxygens (including phenoxy) is 1. The van der Waals surface area contributed by atoms with Gasteiger partial charge in [0.25, 0.3) is 0 Å². The Morgan fingerprint density at radius 1 is 1.33 bits per heavy atom. The van der Waals surface area contributed by atoms with Crippen molar-refractivity contribution in [1.82, 2.24) is 15.5 Å². The summed E-state index contributed by atoms with van der Waals surface area (Å²) >= 11 is 1.78. The van der Waals surface area contributed by atoms with Crippen molar-refractivity contribution in [2.45, 2.75) is 65.6 Å². The van der Waals surface area contributed by atoms with Crippen molar-refractivity contribution < 1.29 is 4.74 Å². The van der Waals surface area contributed by atoms with Gasteiger partial charge in [0.15, 0.2) is 5.96 Å². The number of piperidine rings is 1. The Hall–Kier alpha value is -1.11. The number of hydrogen-bond donors (Lipinski definition) is 2. The van der Waals surface area contributed by atoms with Gasteiger partial charge in [-0.25, -0.2) is 0 Å². The first kappa shape index (κ1) is 22.2. The van der Waals surface area contributed by atoms with Crippen LogP contribution in [0.1, 0.15) is 52.5 Å². The van der Waals surface area contributed by atoms with Gasteiger partial charge in [-0.15, -0.1) is 0 Å². The second-order valence-electron chi connectivity index (χ2n) is 7.61. The summed E-state index contributed by atoms with van der Waals surface area (Å²) in [7, 11) is 0. The van der Waals surface area contributed by atoms with Gasteiger partial charge in [-0.3, -0.25) is 9.89 Å². The maximum absolute atomic E-state index is 5.84. The molecule has 1 aliphatic rings. The summed E-state index contributed by atoms with van der Waals surface area (Å²) < 4.78 is 5.84. The van der Waals surface area contributed by atoms with Crippen molar-refractivity contribution in [3.8, 4) is 0 Å². The molecule has 0 saturated carbocycles. The van der Waals surface area contributed by atoms with Crippen LogP contribution in [-0.4, -0.2) is 55.8 Å². The highest BCUT2D eigenvalue weighted by atomic mass is 32.1. The van der Waals surface area contributed by atoms with E-state index < -0.39 is 0 Å². The predicted octanol–water partition coefficient (Wildman–Crippen LogP) is 3.72. The highest BCUT2D eigenvalue weighted by Crippen LogP contribution is 2.15. The van der Waals surface area contributed by atoms with Crippen LogP contribution in [0, 0.1) is 5.92 Å². The lowest BCUT2D eigenvalue weighted by Crippen LogP contribution is -2.48. The van der Waals surface area contributed by atoms with Crippen LogP contribution in [0.25, 0.3) is 0 Å². The van der Waals surface area contributed by atoms with Crippen molar-refractivity contribution in [3.63, 3.8) is 0 Å². The second-order valence-corrected chi connectivity index (χ2v) is 8.39. The topological polar surface area (TPSA) is 48.9 Å². The molecule has 1 atom stereocenters. The fourth-order valence-corrected chi connectivity index (χ4v) is 4.18. The standard InChI is InChI=1S/C21H38N4OS/c1-5-22-21(23-11-7-20(17(3)4)26-6-2)24-19-8-12-25(13-9-19)15-18-10-14-27-16-18/h10,14,16-17,19-20H,5-9,11-13,15H2,1-4H3,(H2,22,23,24). The van der Waals surface area contributed by atoms with E-state index in [-0.39, 0.29) is 0 Å². The summed E-state index contributed by atoms with van der Waals surface area (Å²) in [4.78, 5) is 7.35. The van der Waals surface area contributed by atoms with E-state index in [1.807, 2.05) is 0 Å². The maximum atomic E-state index is 5.84. The van der Waals surface area contributed by atoms with E-state index in [4.69, 9.17) is 9.73 Å². The third kappa shape index (κ3) is 8.20. The van der Waals surface area contributed by atoms with Crippen LogP contribution in [0.3, 0.4) is 0 Å². The first-order valence-electron chi connectivity index (χ1n) is 10.5. The van der Waals surface area contributed by atoms with Gasteiger partial charge in [-0.1, -0.05) is 13.8 Å². The SMILES string of the molecule is CCNC(=NCCC(OCC)C(C)C)NC1CCN(Cc2ccsc2)CC1. The van der Waals surface area contributed by atoms with Gasteiger partial charge in [0.2, 0.25) is 0 Å².